The lowest BCUT2D eigenvalue weighted by Crippen LogP contribution is -2.54. The molecule has 0 radical (unpaired) electrons. The van der Waals surface area contributed by atoms with Gasteiger partial charge in [-0.05, 0) is 12.8 Å². The first-order valence-electron chi connectivity index (χ1n) is 4.58. The minimum atomic E-state index is -0.0900. The van der Waals surface area contributed by atoms with Gasteiger partial charge in [0.2, 0.25) is 11.8 Å². The topological polar surface area (TPSA) is 70.2 Å². The van der Waals surface area contributed by atoms with E-state index in [1.807, 2.05) is 0 Å². The maximum Gasteiger partial charge on any atom is 0.244 e. The van der Waals surface area contributed by atoms with Crippen molar-refractivity contribution in [2.45, 2.75) is 12.8 Å². The van der Waals surface area contributed by atoms with Crippen molar-refractivity contribution in [1.82, 2.24) is 16.2 Å². The van der Waals surface area contributed by atoms with Crippen LogP contribution in [-0.2, 0) is 9.59 Å². The fourth-order valence-corrected chi connectivity index (χ4v) is 1.15. The number of carbonyl (C=O) groups excluding carboxylic acids is 2. The lowest BCUT2D eigenvalue weighted by atomic mass is 10.0. The summed E-state index contributed by atoms with van der Waals surface area (Å²) < 4.78 is 0. The molecule has 2 rings (SSSR count). The van der Waals surface area contributed by atoms with Gasteiger partial charge in [0.25, 0.3) is 0 Å². The highest BCUT2D eigenvalue weighted by Crippen LogP contribution is 2.28. The molecule has 6 heteroatoms. The van der Waals surface area contributed by atoms with Crippen molar-refractivity contribution in [1.29, 1.82) is 0 Å². The van der Waals surface area contributed by atoms with Crippen LogP contribution < -0.4 is 16.2 Å². The molecule has 1 aliphatic heterocycles. The molecular weight excluding hydrogens is 206 g/mol. The van der Waals surface area contributed by atoms with Gasteiger partial charge in [0.1, 0.15) is 0 Å². The van der Waals surface area contributed by atoms with Gasteiger partial charge < -0.3 is 5.32 Å². The Labute approximate surface area is 88.4 Å². The third-order valence-electron chi connectivity index (χ3n) is 2.41. The number of nitrogens with one attached hydrogen (secondary N) is 3. The second kappa shape index (κ2) is 4.61. The third kappa shape index (κ3) is 2.59. The highest BCUT2D eigenvalue weighted by atomic mass is 35.5. The van der Waals surface area contributed by atoms with E-state index < -0.39 is 0 Å². The largest absolute Gasteiger partial charge is 0.315 e. The molecule has 0 spiro atoms. The van der Waals surface area contributed by atoms with Crippen molar-refractivity contribution < 1.29 is 9.59 Å². The van der Waals surface area contributed by atoms with Crippen LogP contribution in [0.5, 0.6) is 0 Å². The van der Waals surface area contributed by atoms with E-state index in [0.717, 1.165) is 12.8 Å². The second-order valence-corrected chi connectivity index (χ2v) is 3.61. The lowest BCUT2D eigenvalue weighted by molar-refractivity contribution is -0.132. The molecular formula is C8H14ClN3O2. The van der Waals surface area contributed by atoms with Crippen LogP contribution in [0.2, 0.25) is 0 Å². The molecule has 0 bridgehead atoms. The molecule has 2 fully saturated rings. The van der Waals surface area contributed by atoms with E-state index >= 15 is 0 Å². The second-order valence-electron chi connectivity index (χ2n) is 3.61. The van der Waals surface area contributed by atoms with Crippen molar-refractivity contribution in [2.75, 3.05) is 13.1 Å². The van der Waals surface area contributed by atoms with Crippen LogP contribution in [0.4, 0.5) is 0 Å². The number of rotatable bonds is 2. The van der Waals surface area contributed by atoms with Gasteiger partial charge in [-0.25, -0.2) is 0 Å². The van der Waals surface area contributed by atoms with Crippen molar-refractivity contribution >= 4 is 24.2 Å². The molecule has 5 nitrogen and oxygen atoms in total. The van der Waals surface area contributed by atoms with E-state index in [2.05, 4.69) is 16.2 Å². The van der Waals surface area contributed by atoms with Gasteiger partial charge in [0.05, 0.1) is 5.92 Å². The van der Waals surface area contributed by atoms with Crippen molar-refractivity contribution in [2.24, 2.45) is 11.8 Å². The average molecular weight is 220 g/mol. The molecule has 14 heavy (non-hydrogen) atoms. The Morgan fingerprint density at radius 3 is 1.86 bits per heavy atom. The van der Waals surface area contributed by atoms with Gasteiger partial charge in [-0.1, -0.05) is 0 Å². The number of carbonyl (C=O) groups is 2. The first kappa shape index (κ1) is 11.3. The van der Waals surface area contributed by atoms with Gasteiger partial charge >= 0.3 is 0 Å². The maximum atomic E-state index is 11.2. The minimum Gasteiger partial charge on any atom is -0.315 e. The van der Waals surface area contributed by atoms with Gasteiger partial charge in [0, 0.05) is 19.0 Å². The summed E-state index contributed by atoms with van der Waals surface area (Å²) in [6.07, 6.45) is 1.90. The van der Waals surface area contributed by atoms with Gasteiger partial charge in [-0.15, -0.1) is 12.4 Å². The lowest BCUT2D eigenvalue weighted by Gasteiger charge is -2.25. The van der Waals surface area contributed by atoms with Crippen LogP contribution in [0.1, 0.15) is 12.8 Å². The van der Waals surface area contributed by atoms with Crippen LogP contribution >= 0.6 is 12.4 Å². The molecule has 1 saturated carbocycles. The molecule has 2 aliphatic rings. The Kier molecular flexibility index (Phi) is 3.71. The third-order valence-corrected chi connectivity index (χ3v) is 2.41. The summed E-state index contributed by atoms with van der Waals surface area (Å²) in [5, 5.41) is 2.99. The van der Waals surface area contributed by atoms with E-state index in [1.165, 1.54) is 0 Å². The predicted molar refractivity (Wildman–Crippen MR) is 52.6 cm³/mol. The minimum absolute atomic E-state index is 0. The normalized spacial score (nSPS) is 20.3. The van der Waals surface area contributed by atoms with Crippen LogP contribution in [0.15, 0.2) is 0 Å². The Morgan fingerprint density at radius 1 is 1.00 bits per heavy atom. The quantitative estimate of drug-likeness (QED) is 0.532. The summed E-state index contributed by atoms with van der Waals surface area (Å²) in [5.41, 5.74) is 4.85. The summed E-state index contributed by atoms with van der Waals surface area (Å²) in [7, 11) is 0. The molecule has 0 aromatic rings. The number of hydrogen-bond acceptors (Lipinski definition) is 3. The molecule has 1 heterocycles. The summed E-state index contributed by atoms with van der Waals surface area (Å²) in [5.74, 6) is 0.0210. The van der Waals surface area contributed by atoms with Crippen LogP contribution in [0, 0.1) is 11.8 Å². The molecule has 0 aromatic heterocycles. The zero-order valence-corrected chi connectivity index (χ0v) is 8.52. The fraction of sp³-hybridized carbons (Fsp3) is 0.750. The molecule has 3 N–H and O–H groups in total. The summed E-state index contributed by atoms with van der Waals surface area (Å²) in [6.45, 7) is 1.43. The van der Waals surface area contributed by atoms with Crippen molar-refractivity contribution in [3.05, 3.63) is 0 Å². The molecule has 0 unspecified atom stereocenters. The first-order chi connectivity index (χ1) is 6.27. The Balaban J connectivity index is 0.000000980. The van der Waals surface area contributed by atoms with E-state index in [-0.39, 0.29) is 36.1 Å². The molecule has 1 aliphatic carbocycles. The molecule has 80 valence electrons. The smallest absolute Gasteiger partial charge is 0.244 e. The highest BCUT2D eigenvalue weighted by Gasteiger charge is 2.31. The zero-order valence-electron chi connectivity index (χ0n) is 7.71. The zero-order chi connectivity index (χ0) is 9.26. The van der Waals surface area contributed by atoms with Crippen LogP contribution in [-0.4, -0.2) is 24.9 Å². The van der Waals surface area contributed by atoms with E-state index in [4.69, 9.17) is 0 Å². The molecule has 0 atom stereocenters. The number of hydrogen-bond donors (Lipinski definition) is 3. The van der Waals surface area contributed by atoms with E-state index in [1.54, 1.807) is 0 Å². The van der Waals surface area contributed by atoms with Crippen LogP contribution in [0.3, 0.4) is 0 Å². The van der Waals surface area contributed by atoms with Gasteiger partial charge in [0.15, 0.2) is 0 Å². The summed E-state index contributed by atoms with van der Waals surface area (Å²) in [6, 6.07) is 0. The number of halogens is 1. The standard InChI is InChI=1S/C8H13N3O2.ClH/c12-7(5-1-2-5)10-11-8(13)6-3-9-4-6;/h5-6,9H,1-4H2,(H,10,12)(H,11,13);1H. The monoisotopic (exact) mass is 219 g/mol. The maximum absolute atomic E-state index is 11.2. The predicted octanol–water partition coefficient (Wildman–Crippen LogP) is -0.815. The summed E-state index contributed by atoms with van der Waals surface area (Å²) >= 11 is 0. The van der Waals surface area contributed by atoms with Crippen molar-refractivity contribution in [3.8, 4) is 0 Å². The Bertz CT molecular complexity index is 239. The molecule has 0 aromatic carbocycles. The van der Waals surface area contributed by atoms with Crippen LogP contribution in [0.25, 0.3) is 0 Å². The summed E-state index contributed by atoms with van der Waals surface area (Å²) in [4.78, 5) is 22.3. The van der Waals surface area contributed by atoms with Gasteiger partial charge in [-0.2, -0.15) is 0 Å². The SMILES string of the molecule is Cl.O=C(NNC(=O)C1CNC1)C1CC1. The first-order valence-corrected chi connectivity index (χ1v) is 4.58. The Morgan fingerprint density at radius 2 is 1.50 bits per heavy atom. The van der Waals surface area contributed by atoms with E-state index in [0.29, 0.717) is 13.1 Å². The fourth-order valence-electron chi connectivity index (χ4n) is 1.15. The van der Waals surface area contributed by atoms with E-state index in [9.17, 15) is 9.59 Å². The average Bonchev–Trinajstić information content (AvgIpc) is 2.78. The Hall–Kier alpha value is -0.810. The number of hydrazine groups is 1. The highest BCUT2D eigenvalue weighted by molar-refractivity contribution is 5.86. The van der Waals surface area contributed by atoms with Crippen molar-refractivity contribution in [3.63, 3.8) is 0 Å². The molecule has 1 saturated heterocycles. The molecule has 2 amide bonds. The number of amides is 2. The van der Waals surface area contributed by atoms with Gasteiger partial charge in [-0.3, -0.25) is 20.4 Å².